The molecule has 0 saturated carbocycles. The van der Waals surface area contributed by atoms with E-state index in [1.54, 1.807) is 26.1 Å². The molecule has 3 heteroatoms. The number of hydrogen-bond acceptors (Lipinski definition) is 2. The largest absolute Gasteiger partial charge is 0.313 e. The van der Waals surface area contributed by atoms with Crippen molar-refractivity contribution in [1.82, 2.24) is 5.32 Å². The third-order valence-electron chi connectivity index (χ3n) is 1.84. The summed E-state index contributed by atoms with van der Waals surface area (Å²) in [7, 11) is 1.66. The Balaban J connectivity index is 3.05. The van der Waals surface area contributed by atoms with Crippen molar-refractivity contribution < 1.29 is 9.18 Å². The topological polar surface area (TPSA) is 29.1 Å². The van der Waals surface area contributed by atoms with Crippen LogP contribution in [-0.4, -0.2) is 19.4 Å². The summed E-state index contributed by atoms with van der Waals surface area (Å²) in [6.07, 6.45) is 0. The summed E-state index contributed by atoms with van der Waals surface area (Å²) in [4.78, 5) is 11.4. The van der Waals surface area contributed by atoms with Gasteiger partial charge in [-0.1, -0.05) is 12.1 Å². The van der Waals surface area contributed by atoms with Crippen molar-refractivity contribution in [2.75, 3.05) is 13.6 Å². The van der Waals surface area contributed by atoms with E-state index in [4.69, 9.17) is 0 Å². The summed E-state index contributed by atoms with van der Waals surface area (Å²) in [6, 6.07) is 4.63. The lowest BCUT2D eigenvalue weighted by Gasteiger charge is -2.04. The smallest absolute Gasteiger partial charge is 0.179 e. The van der Waals surface area contributed by atoms with Gasteiger partial charge in [0.1, 0.15) is 5.82 Å². The zero-order chi connectivity index (χ0) is 9.84. The third kappa shape index (κ3) is 2.12. The Bertz CT molecular complexity index is 302. The fraction of sp³-hybridized carbons (Fsp3) is 0.300. The van der Waals surface area contributed by atoms with E-state index in [0.717, 1.165) is 0 Å². The predicted octanol–water partition coefficient (Wildman–Crippen LogP) is 1.54. The fourth-order valence-corrected chi connectivity index (χ4v) is 1.23. The van der Waals surface area contributed by atoms with Crippen molar-refractivity contribution in [2.45, 2.75) is 6.92 Å². The molecular formula is C10H12FNO. The maximum atomic E-state index is 13.2. The van der Waals surface area contributed by atoms with Crippen molar-refractivity contribution in [1.29, 1.82) is 0 Å². The highest BCUT2D eigenvalue weighted by Gasteiger charge is 2.12. The van der Waals surface area contributed by atoms with Crippen LogP contribution in [0.3, 0.4) is 0 Å². The molecule has 13 heavy (non-hydrogen) atoms. The molecule has 0 bridgehead atoms. The van der Waals surface area contributed by atoms with Gasteiger partial charge in [-0.05, 0) is 25.6 Å². The summed E-state index contributed by atoms with van der Waals surface area (Å²) in [6.45, 7) is 1.90. The number of rotatable bonds is 3. The minimum Gasteiger partial charge on any atom is -0.313 e. The molecular weight excluding hydrogens is 169 g/mol. The number of halogens is 1. The molecule has 1 N–H and O–H groups in total. The molecule has 1 aromatic rings. The number of carbonyl (C=O) groups excluding carboxylic acids is 1. The molecule has 0 amide bonds. The summed E-state index contributed by atoms with van der Waals surface area (Å²) in [5.74, 6) is -0.654. The van der Waals surface area contributed by atoms with E-state index >= 15 is 0 Å². The van der Waals surface area contributed by atoms with Gasteiger partial charge in [-0.2, -0.15) is 0 Å². The summed E-state index contributed by atoms with van der Waals surface area (Å²) in [5, 5.41) is 2.70. The Morgan fingerprint density at radius 2 is 2.23 bits per heavy atom. The van der Waals surface area contributed by atoms with E-state index in [1.807, 2.05) is 0 Å². The fourth-order valence-electron chi connectivity index (χ4n) is 1.23. The Morgan fingerprint density at radius 3 is 2.77 bits per heavy atom. The zero-order valence-electron chi connectivity index (χ0n) is 7.73. The number of hydrogen-bond donors (Lipinski definition) is 1. The first-order valence-electron chi connectivity index (χ1n) is 4.09. The average Bonchev–Trinajstić information content (AvgIpc) is 2.04. The van der Waals surface area contributed by atoms with Crippen LogP contribution in [0.15, 0.2) is 18.2 Å². The number of nitrogens with one attached hydrogen (secondary N) is 1. The summed E-state index contributed by atoms with van der Waals surface area (Å²) < 4.78 is 13.2. The molecule has 0 radical (unpaired) electrons. The number of benzene rings is 1. The maximum Gasteiger partial charge on any atom is 0.179 e. The van der Waals surface area contributed by atoms with Gasteiger partial charge in [0.05, 0.1) is 12.1 Å². The van der Waals surface area contributed by atoms with Crippen LogP contribution in [0.25, 0.3) is 0 Å². The predicted molar refractivity (Wildman–Crippen MR) is 49.4 cm³/mol. The molecule has 70 valence electrons. The molecule has 1 aromatic carbocycles. The van der Waals surface area contributed by atoms with Crippen molar-refractivity contribution in [3.63, 3.8) is 0 Å². The van der Waals surface area contributed by atoms with E-state index in [-0.39, 0.29) is 17.9 Å². The van der Waals surface area contributed by atoms with Gasteiger partial charge in [0.25, 0.3) is 0 Å². The van der Waals surface area contributed by atoms with Gasteiger partial charge in [-0.25, -0.2) is 4.39 Å². The van der Waals surface area contributed by atoms with E-state index in [1.165, 1.54) is 6.07 Å². The van der Waals surface area contributed by atoms with Crippen molar-refractivity contribution in [2.24, 2.45) is 0 Å². The minimum atomic E-state index is -0.444. The molecule has 0 aliphatic rings. The SMILES string of the molecule is CNCC(=O)c1c(C)cccc1F. The highest BCUT2D eigenvalue weighted by molar-refractivity contribution is 5.99. The van der Waals surface area contributed by atoms with Gasteiger partial charge in [0.2, 0.25) is 0 Å². The number of likely N-dealkylation sites (N-methyl/N-ethyl adjacent to an activating group) is 1. The Morgan fingerprint density at radius 1 is 1.54 bits per heavy atom. The molecule has 0 aromatic heterocycles. The Labute approximate surface area is 76.8 Å². The second-order valence-corrected chi connectivity index (χ2v) is 2.89. The van der Waals surface area contributed by atoms with E-state index < -0.39 is 5.82 Å². The molecule has 1 rings (SSSR count). The van der Waals surface area contributed by atoms with Crippen molar-refractivity contribution in [3.8, 4) is 0 Å². The number of ketones is 1. The quantitative estimate of drug-likeness (QED) is 0.716. The first kappa shape index (κ1) is 9.86. The number of Topliss-reactive ketones (excluding diaryl/α,β-unsaturated/α-hetero) is 1. The molecule has 0 fully saturated rings. The van der Waals surface area contributed by atoms with Gasteiger partial charge in [-0.15, -0.1) is 0 Å². The molecule has 0 saturated heterocycles. The van der Waals surface area contributed by atoms with Crippen LogP contribution in [0.5, 0.6) is 0 Å². The third-order valence-corrected chi connectivity index (χ3v) is 1.84. The standard InChI is InChI=1S/C10H12FNO/c1-7-4-3-5-8(11)10(7)9(13)6-12-2/h3-5,12H,6H2,1-2H3. The van der Waals surface area contributed by atoms with Crippen molar-refractivity contribution in [3.05, 3.63) is 35.1 Å². The Kier molecular flexibility index (Phi) is 3.14. The van der Waals surface area contributed by atoms with Gasteiger partial charge in [0.15, 0.2) is 5.78 Å². The highest BCUT2D eigenvalue weighted by Crippen LogP contribution is 2.12. The van der Waals surface area contributed by atoms with Crippen LogP contribution < -0.4 is 5.32 Å². The first-order chi connectivity index (χ1) is 6.16. The average molecular weight is 181 g/mol. The van der Waals surface area contributed by atoms with Crippen LogP contribution in [-0.2, 0) is 0 Å². The highest BCUT2D eigenvalue weighted by atomic mass is 19.1. The number of aryl methyl sites for hydroxylation is 1. The van der Waals surface area contributed by atoms with E-state index in [0.29, 0.717) is 5.56 Å². The lowest BCUT2D eigenvalue weighted by Crippen LogP contribution is -2.20. The first-order valence-corrected chi connectivity index (χ1v) is 4.09. The van der Waals surface area contributed by atoms with Gasteiger partial charge < -0.3 is 5.32 Å². The van der Waals surface area contributed by atoms with E-state index in [2.05, 4.69) is 5.32 Å². The monoisotopic (exact) mass is 181 g/mol. The lowest BCUT2D eigenvalue weighted by molar-refractivity contribution is 0.0989. The van der Waals surface area contributed by atoms with Crippen LogP contribution in [0, 0.1) is 12.7 Å². The minimum absolute atomic E-state index is 0.168. The Hall–Kier alpha value is -1.22. The summed E-state index contributed by atoms with van der Waals surface area (Å²) in [5.41, 5.74) is 0.872. The van der Waals surface area contributed by atoms with Gasteiger partial charge in [-0.3, -0.25) is 4.79 Å². The normalized spacial score (nSPS) is 10.1. The second-order valence-electron chi connectivity index (χ2n) is 2.89. The van der Waals surface area contributed by atoms with Gasteiger partial charge >= 0.3 is 0 Å². The van der Waals surface area contributed by atoms with Crippen LogP contribution in [0.2, 0.25) is 0 Å². The summed E-state index contributed by atoms with van der Waals surface area (Å²) >= 11 is 0. The molecule has 0 unspecified atom stereocenters. The molecule has 0 aliphatic carbocycles. The molecule has 2 nitrogen and oxygen atoms in total. The molecule has 0 atom stereocenters. The molecule has 0 heterocycles. The number of carbonyl (C=O) groups is 1. The lowest BCUT2D eigenvalue weighted by atomic mass is 10.0. The van der Waals surface area contributed by atoms with Crippen LogP contribution in [0.1, 0.15) is 15.9 Å². The molecule has 0 spiro atoms. The van der Waals surface area contributed by atoms with Crippen LogP contribution in [0.4, 0.5) is 4.39 Å². The van der Waals surface area contributed by atoms with Gasteiger partial charge in [0, 0.05) is 0 Å². The van der Waals surface area contributed by atoms with Crippen molar-refractivity contribution >= 4 is 5.78 Å². The van der Waals surface area contributed by atoms with E-state index in [9.17, 15) is 9.18 Å². The zero-order valence-corrected chi connectivity index (χ0v) is 7.73. The van der Waals surface area contributed by atoms with Crippen LogP contribution >= 0.6 is 0 Å². The molecule has 0 aliphatic heterocycles. The second kappa shape index (κ2) is 4.14. The maximum absolute atomic E-state index is 13.2.